The topological polar surface area (TPSA) is 12.4 Å². The Morgan fingerprint density at radius 3 is 1.61 bits per heavy atom. The van der Waals surface area contributed by atoms with Gasteiger partial charge in [-0.15, -0.1) is 0 Å². The summed E-state index contributed by atoms with van der Waals surface area (Å²) < 4.78 is 111. The maximum absolute atomic E-state index is 12.3. The van der Waals surface area contributed by atoms with Crippen LogP contribution in [0.15, 0.2) is 40.9 Å². The Hall–Kier alpha value is -2.00. The molecule has 0 amide bonds. The van der Waals surface area contributed by atoms with Gasteiger partial charge < -0.3 is 0 Å². The van der Waals surface area contributed by atoms with Gasteiger partial charge in [-0.05, 0) is 37.3 Å². The van der Waals surface area contributed by atoms with Gasteiger partial charge in [0, 0.05) is 5.71 Å². The van der Waals surface area contributed by atoms with Crippen molar-refractivity contribution in [1.29, 1.82) is 0 Å². The minimum absolute atomic E-state index is 0.211. The molecule has 0 aromatic heterocycles. The zero-order valence-corrected chi connectivity index (χ0v) is 11.2. The van der Waals surface area contributed by atoms with E-state index in [1.165, 1.54) is 0 Å². The summed E-state index contributed by atoms with van der Waals surface area (Å²) in [4.78, 5) is 3.42. The molecule has 0 aliphatic carbocycles. The molecule has 0 aliphatic heterocycles. The lowest BCUT2D eigenvalue weighted by atomic mass is 10.2. The highest BCUT2D eigenvalue weighted by atomic mass is 19.4. The van der Waals surface area contributed by atoms with E-state index in [4.69, 9.17) is 0 Å². The van der Waals surface area contributed by atoms with Crippen LogP contribution in [0.25, 0.3) is 0 Å². The Morgan fingerprint density at radius 2 is 1.26 bits per heavy atom. The van der Waals surface area contributed by atoms with Gasteiger partial charge in [0.05, 0.1) is 11.3 Å². The molecule has 0 saturated carbocycles. The van der Waals surface area contributed by atoms with E-state index >= 15 is 0 Å². The lowest BCUT2D eigenvalue weighted by Crippen LogP contribution is -2.26. The number of benzene rings is 1. The van der Waals surface area contributed by atoms with Crippen molar-refractivity contribution < 1.29 is 39.5 Å². The number of alkyl halides is 9. The molecule has 0 spiro atoms. The van der Waals surface area contributed by atoms with Crippen LogP contribution in [0.2, 0.25) is 0 Å². The first kappa shape index (κ1) is 19.0. The van der Waals surface area contributed by atoms with Crippen molar-refractivity contribution in [1.82, 2.24) is 0 Å². The smallest absolute Gasteiger partial charge is 0.254 e. The van der Waals surface area contributed by atoms with Crippen molar-refractivity contribution in [2.24, 2.45) is 4.99 Å². The van der Waals surface area contributed by atoms with Gasteiger partial charge in [0.25, 0.3) is 0 Å². The zero-order valence-electron chi connectivity index (χ0n) is 11.2. The molecule has 0 atom stereocenters. The van der Waals surface area contributed by atoms with E-state index in [0.29, 0.717) is 12.1 Å². The second-order valence-electron chi connectivity index (χ2n) is 4.35. The number of hydrogen-bond acceptors (Lipinski definition) is 1. The molecule has 1 aromatic rings. The highest BCUT2D eigenvalue weighted by molar-refractivity contribution is 5.95. The number of rotatable bonds is 2. The van der Waals surface area contributed by atoms with E-state index in [1.807, 2.05) is 0 Å². The molecule has 0 aliphatic rings. The zero-order chi connectivity index (χ0) is 18.1. The van der Waals surface area contributed by atoms with Gasteiger partial charge in [0.15, 0.2) is 0 Å². The number of halogens is 9. The lowest BCUT2D eigenvalue weighted by Gasteiger charge is -2.14. The summed E-state index contributed by atoms with van der Waals surface area (Å²) in [7, 11) is 0. The number of allylic oxidation sites excluding steroid dienone is 2. The molecule has 1 rings (SSSR count). The molecule has 0 heterocycles. The third-order valence-corrected chi connectivity index (χ3v) is 2.46. The van der Waals surface area contributed by atoms with Crippen LogP contribution < -0.4 is 0 Å². The van der Waals surface area contributed by atoms with Crippen LogP contribution in [0.1, 0.15) is 12.5 Å². The highest BCUT2D eigenvalue weighted by Gasteiger charge is 2.50. The average molecular weight is 349 g/mol. The summed E-state index contributed by atoms with van der Waals surface area (Å²) in [5.41, 5.74) is -4.64. The van der Waals surface area contributed by atoms with E-state index in [2.05, 4.69) is 4.99 Å². The fourth-order valence-corrected chi connectivity index (χ4v) is 1.49. The van der Waals surface area contributed by atoms with Crippen molar-refractivity contribution in [3.63, 3.8) is 0 Å². The SMILES string of the molecule is CC(C=C(C(F)(F)F)C(F)(F)F)=Nc1ccc(C(F)(F)F)cc1. The Balaban J connectivity index is 3.15. The molecular formula is C13H8F9N. The Labute approximate surface area is 124 Å². The van der Waals surface area contributed by atoms with E-state index in [0.717, 1.165) is 19.1 Å². The summed E-state index contributed by atoms with van der Waals surface area (Å²) in [5.74, 6) is 0. The monoisotopic (exact) mass is 349 g/mol. The summed E-state index contributed by atoms with van der Waals surface area (Å²) in [6.07, 6.45) is -16.1. The third kappa shape index (κ3) is 5.61. The van der Waals surface area contributed by atoms with Gasteiger partial charge in [-0.2, -0.15) is 39.5 Å². The van der Waals surface area contributed by atoms with Crippen LogP contribution in [0.3, 0.4) is 0 Å². The molecule has 23 heavy (non-hydrogen) atoms. The number of hydrogen-bond donors (Lipinski definition) is 0. The molecule has 0 saturated heterocycles. The van der Waals surface area contributed by atoms with Crippen molar-refractivity contribution in [2.75, 3.05) is 0 Å². The molecule has 0 N–H and O–H groups in total. The van der Waals surface area contributed by atoms with Gasteiger partial charge in [-0.25, -0.2) is 0 Å². The van der Waals surface area contributed by atoms with E-state index in [1.54, 1.807) is 0 Å². The number of aliphatic imine (C=N–C) groups is 1. The average Bonchev–Trinajstić information content (AvgIpc) is 2.33. The van der Waals surface area contributed by atoms with Gasteiger partial charge in [0.2, 0.25) is 0 Å². The first-order chi connectivity index (χ1) is 10.2. The van der Waals surface area contributed by atoms with Crippen molar-refractivity contribution >= 4 is 11.4 Å². The molecule has 1 aromatic carbocycles. The molecule has 0 fully saturated rings. The van der Waals surface area contributed by atoms with E-state index in [9.17, 15) is 39.5 Å². The maximum atomic E-state index is 12.3. The quantitative estimate of drug-likeness (QED) is 0.469. The maximum Gasteiger partial charge on any atom is 0.421 e. The minimum atomic E-state index is -5.63. The summed E-state index contributed by atoms with van der Waals surface area (Å²) >= 11 is 0. The van der Waals surface area contributed by atoms with Crippen LogP contribution in [0, 0.1) is 0 Å². The molecular weight excluding hydrogens is 341 g/mol. The first-order valence-electron chi connectivity index (χ1n) is 5.80. The third-order valence-electron chi connectivity index (χ3n) is 2.46. The summed E-state index contributed by atoms with van der Waals surface area (Å²) in [5, 5.41) is 0. The molecule has 0 bridgehead atoms. The normalized spacial score (nSPS) is 13.9. The first-order valence-corrected chi connectivity index (χ1v) is 5.80. The van der Waals surface area contributed by atoms with Gasteiger partial charge in [-0.1, -0.05) is 0 Å². The van der Waals surface area contributed by atoms with Crippen LogP contribution in [-0.4, -0.2) is 18.1 Å². The van der Waals surface area contributed by atoms with Crippen LogP contribution in [0.5, 0.6) is 0 Å². The van der Waals surface area contributed by atoms with Gasteiger partial charge in [-0.3, -0.25) is 4.99 Å². The van der Waals surface area contributed by atoms with Gasteiger partial charge >= 0.3 is 18.5 Å². The van der Waals surface area contributed by atoms with Crippen LogP contribution in [0.4, 0.5) is 45.2 Å². The molecule has 128 valence electrons. The summed E-state index contributed by atoms with van der Waals surface area (Å²) in [6.45, 7) is 0.870. The molecule has 0 unspecified atom stereocenters. The van der Waals surface area contributed by atoms with Crippen molar-refractivity contribution in [2.45, 2.75) is 25.5 Å². The fraction of sp³-hybridized carbons (Fsp3) is 0.308. The highest BCUT2D eigenvalue weighted by Crippen LogP contribution is 2.38. The van der Waals surface area contributed by atoms with E-state index in [-0.39, 0.29) is 11.8 Å². The van der Waals surface area contributed by atoms with Crippen molar-refractivity contribution in [3.05, 3.63) is 41.5 Å². The standard InChI is InChI=1S/C13H8F9N/c1-7(6-10(12(17,18)19)13(20,21)22)23-9-4-2-8(3-5-9)11(14,15)16/h2-6H,1H3. The fourth-order valence-electron chi connectivity index (χ4n) is 1.49. The predicted molar refractivity (Wildman–Crippen MR) is 64.4 cm³/mol. The molecule has 10 heteroatoms. The Bertz CT molecular complexity index is 584. The molecule has 0 radical (unpaired) electrons. The largest absolute Gasteiger partial charge is 0.421 e. The van der Waals surface area contributed by atoms with E-state index < -0.39 is 35.4 Å². The van der Waals surface area contributed by atoms with Gasteiger partial charge in [0.1, 0.15) is 5.57 Å². The second kappa shape index (κ2) is 6.25. The number of nitrogens with zero attached hydrogens (tertiary/aromatic N) is 1. The minimum Gasteiger partial charge on any atom is -0.254 e. The Kier molecular flexibility index (Phi) is 5.17. The van der Waals surface area contributed by atoms with Crippen LogP contribution >= 0.6 is 0 Å². The second-order valence-corrected chi connectivity index (χ2v) is 4.35. The predicted octanol–water partition coefficient (Wildman–Crippen LogP) is 5.85. The van der Waals surface area contributed by atoms with Crippen LogP contribution in [-0.2, 0) is 6.18 Å². The molecule has 1 nitrogen and oxygen atoms in total. The van der Waals surface area contributed by atoms with Crippen molar-refractivity contribution in [3.8, 4) is 0 Å². The summed E-state index contributed by atoms with van der Waals surface area (Å²) in [6, 6.07) is 2.90. The lowest BCUT2D eigenvalue weighted by molar-refractivity contribution is -0.171. The Morgan fingerprint density at radius 1 is 0.826 bits per heavy atom.